The van der Waals surface area contributed by atoms with E-state index in [1.54, 1.807) is 13.3 Å². The van der Waals surface area contributed by atoms with Crippen LogP contribution < -0.4 is 24.6 Å². The number of morpholine rings is 1. The molecule has 0 spiro atoms. The molecule has 1 aromatic carbocycles. The number of carbonyl (C=O) groups is 1. The summed E-state index contributed by atoms with van der Waals surface area (Å²) in [7, 11) is 3.20. The van der Waals surface area contributed by atoms with E-state index in [4.69, 9.17) is 14.2 Å². The summed E-state index contributed by atoms with van der Waals surface area (Å²) >= 11 is 0. The van der Waals surface area contributed by atoms with Crippen molar-refractivity contribution in [1.29, 1.82) is 0 Å². The van der Waals surface area contributed by atoms with Crippen molar-refractivity contribution in [3.8, 4) is 11.6 Å². The van der Waals surface area contributed by atoms with Crippen LogP contribution in [0.15, 0.2) is 30.5 Å². The van der Waals surface area contributed by atoms with Gasteiger partial charge in [-0.25, -0.2) is 4.98 Å². The maximum Gasteiger partial charge on any atom is 0.258 e. The number of rotatable bonds is 8. The number of piperazine rings is 1. The van der Waals surface area contributed by atoms with Crippen molar-refractivity contribution in [2.24, 2.45) is 0 Å². The van der Waals surface area contributed by atoms with E-state index >= 15 is 0 Å². The lowest BCUT2D eigenvalue weighted by Gasteiger charge is -2.36. The van der Waals surface area contributed by atoms with Gasteiger partial charge in [0.25, 0.3) is 5.91 Å². The van der Waals surface area contributed by atoms with Crippen LogP contribution in [-0.2, 0) is 4.74 Å². The fourth-order valence-electron chi connectivity index (χ4n) is 4.03. The fourth-order valence-corrected chi connectivity index (χ4v) is 4.03. The molecule has 1 N–H and O–H groups in total. The van der Waals surface area contributed by atoms with Crippen molar-refractivity contribution >= 4 is 17.5 Å². The highest BCUT2D eigenvalue weighted by Gasteiger charge is 2.22. The average Bonchev–Trinajstić information content (AvgIpc) is 2.89. The molecule has 2 aliphatic rings. The van der Waals surface area contributed by atoms with E-state index in [-0.39, 0.29) is 5.91 Å². The van der Waals surface area contributed by atoms with Crippen molar-refractivity contribution in [2.75, 3.05) is 89.6 Å². The molecule has 0 bridgehead atoms. The number of methoxy groups -OCH3 is 2. The summed E-state index contributed by atoms with van der Waals surface area (Å²) in [6.45, 7) is 7.86. The molecule has 178 valence electrons. The third-order valence-corrected chi connectivity index (χ3v) is 6.00. The third-order valence-electron chi connectivity index (χ3n) is 6.00. The van der Waals surface area contributed by atoms with Gasteiger partial charge in [-0.15, -0.1) is 0 Å². The molecule has 0 atom stereocenters. The van der Waals surface area contributed by atoms with Crippen molar-refractivity contribution in [3.05, 3.63) is 36.0 Å². The summed E-state index contributed by atoms with van der Waals surface area (Å²) in [6, 6.07) is 8.09. The predicted octanol–water partition coefficient (Wildman–Crippen LogP) is 0.882. The quantitative estimate of drug-likeness (QED) is 0.621. The summed E-state index contributed by atoms with van der Waals surface area (Å²) in [5.74, 6) is 1.49. The minimum Gasteiger partial charge on any atom is -0.497 e. The van der Waals surface area contributed by atoms with Gasteiger partial charge >= 0.3 is 0 Å². The lowest BCUT2D eigenvalue weighted by atomic mass is 10.2. The first-order chi connectivity index (χ1) is 16.2. The van der Waals surface area contributed by atoms with Gasteiger partial charge in [0.1, 0.15) is 11.3 Å². The Hall–Kier alpha value is -3.11. The smallest absolute Gasteiger partial charge is 0.258 e. The zero-order valence-corrected chi connectivity index (χ0v) is 19.3. The first-order valence-corrected chi connectivity index (χ1v) is 11.3. The second kappa shape index (κ2) is 11.2. The molecule has 2 aliphatic heterocycles. The minimum absolute atomic E-state index is 0.226. The van der Waals surface area contributed by atoms with Gasteiger partial charge in [-0.3, -0.25) is 9.69 Å². The molecule has 0 saturated carbocycles. The number of amides is 1. The SMILES string of the molecule is COc1ccc(N2CCN(c3ncc(C(=O)NCCN4CCOCC4)c(OC)n3)CC2)cc1. The minimum atomic E-state index is -0.226. The van der Waals surface area contributed by atoms with Crippen molar-refractivity contribution in [2.45, 2.75) is 0 Å². The number of hydrogen-bond donors (Lipinski definition) is 1. The standard InChI is InChI=1S/C23H32N6O4/c1-31-19-5-3-18(4-6-19)28-9-11-29(12-10-28)23-25-17-20(22(26-23)32-2)21(30)24-7-8-27-13-15-33-16-14-27/h3-6,17H,7-16H2,1-2H3,(H,24,30). The Kier molecular flexibility index (Phi) is 7.79. The highest BCUT2D eigenvalue weighted by atomic mass is 16.5. The number of anilines is 2. The molecule has 0 aliphatic carbocycles. The van der Waals surface area contributed by atoms with Gasteiger partial charge in [0.15, 0.2) is 0 Å². The Bertz CT molecular complexity index is 912. The Labute approximate surface area is 194 Å². The number of nitrogens with zero attached hydrogens (tertiary/aromatic N) is 5. The number of benzene rings is 1. The summed E-state index contributed by atoms with van der Waals surface area (Å²) < 4.78 is 16.0. The van der Waals surface area contributed by atoms with E-state index in [1.165, 1.54) is 7.11 Å². The molecule has 2 aromatic rings. The summed E-state index contributed by atoms with van der Waals surface area (Å²) in [6.07, 6.45) is 1.56. The summed E-state index contributed by atoms with van der Waals surface area (Å²) in [4.78, 5) is 28.3. The number of aromatic nitrogens is 2. The largest absolute Gasteiger partial charge is 0.497 e. The fraction of sp³-hybridized carbons (Fsp3) is 0.522. The molecule has 3 heterocycles. The number of hydrogen-bond acceptors (Lipinski definition) is 9. The Morgan fingerprint density at radius 1 is 1.00 bits per heavy atom. The highest BCUT2D eigenvalue weighted by molar-refractivity contribution is 5.96. The van der Waals surface area contributed by atoms with Crippen LogP contribution in [0.4, 0.5) is 11.6 Å². The normalized spacial score (nSPS) is 17.0. The third kappa shape index (κ3) is 5.82. The maximum absolute atomic E-state index is 12.7. The van der Waals surface area contributed by atoms with Crippen LogP contribution in [0.3, 0.4) is 0 Å². The van der Waals surface area contributed by atoms with E-state index < -0.39 is 0 Å². The van der Waals surface area contributed by atoms with Gasteiger partial charge in [-0.2, -0.15) is 4.98 Å². The van der Waals surface area contributed by atoms with Gasteiger partial charge in [0, 0.05) is 64.2 Å². The van der Waals surface area contributed by atoms with E-state index in [0.717, 1.165) is 70.5 Å². The van der Waals surface area contributed by atoms with Gasteiger partial charge < -0.3 is 29.3 Å². The molecule has 2 fully saturated rings. The molecular weight excluding hydrogens is 424 g/mol. The average molecular weight is 457 g/mol. The highest BCUT2D eigenvalue weighted by Crippen LogP contribution is 2.23. The topological polar surface area (TPSA) is 92.3 Å². The molecular formula is C23H32N6O4. The molecule has 0 unspecified atom stereocenters. The first kappa shape index (κ1) is 23.1. The predicted molar refractivity (Wildman–Crippen MR) is 126 cm³/mol. The molecule has 10 nitrogen and oxygen atoms in total. The van der Waals surface area contributed by atoms with Crippen LogP contribution in [-0.4, -0.2) is 101 Å². The van der Waals surface area contributed by atoms with Gasteiger partial charge in [0.2, 0.25) is 11.8 Å². The zero-order chi connectivity index (χ0) is 23.0. The summed E-state index contributed by atoms with van der Waals surface area (Å²) in [5.41, 5.74) is 1.51. The van der Waals surface area contributed by atoms with Crippen molar-refractivity contribution in [1.82, 2.24) is 20.2 Å². The number of nitrogens with one attached hydrogen (secondary N) is 1. The van der Waals surface area contributed by atoms with Crippen molar-refractivity contribution < 1.29 is 19.0 Å². The lowest BCUT2D eigenvalue weighted by molar-refractivity contribution is 0.0383. The zero-order valence-electron chi connectivity index (χ0n) is 19.3. The first-order valence-electron chi connectivity index (χ1n) is 11.3. The second-order valence-corrected chi connectivity index (χ2v) is 7.97. The van der Waals surface area contributed by atoms with Crippen LogP contribution >= 0.6 is 0 Å². The maximum atomic E-state index is 12.7. The van der Waals surface area contributed by atoms with Crippen molar-refractivity contribution in [3.63, 3.8) is 0 Å². The molecule has 10 heteroatoms. The van der Waals surface area contributed by atoms with Crippen LogP contribution in [0, 0.1) is 0 Å². The van der Waals surface area contributed by atoms with Gasteiger partial charge in [-0.1, -0.05) is 0 Å². The molecule has 33 heavy (non-hydrogen) atoms. The van der Waals surface area contributed by atoms with E-state index in [0.29, 0.717) is 23.9 Å². The molecule has 0 radical (unpaired) electrons. The molecule has 1 amide bonds. The van der Waals surface area contributed by atoms with E-state index in [9.17, 15) is 4.79 Å². The van der Waals surface area contributed by atoms with Gasteiger partial charge in [-0.05, 0) is 24.3 Å². The number of ether oxygens (including phenoxy) is 3. The molecule has 4 rings (SSSR count). The number of carbonyl (C=O) groups excluding carboxylic acids is 1. The Morgan fingerprint density at radius 2 is 1.70 bits per heavy atom. The monoisotopic (exact) mass is 456 g/mol. The Balaban J connectivity index is 1.32. The second-order valence-electron chi connectivity index (χ2n) is 7.97. The van der Waals surface area contributed by atoms with Crippen LogP contribution in [0.2, 0.25) is 0 Å². The van der Waals surface area contributed by atoms with E-state index in [2.05, 4.69) is 42.1 Å². The molecule has 1 aromatic heterocycles. The van der Waals surface area contributed by atoms with Crippen LogP contribution in [0.25, 0.3) is 0 Å². The van der Waals surface area contributed by atoms with Crippen LogP contribution in [0.5, 0.6) is 11.6 Å². The Morgan fingerprint density at radius 3 is 2.36 bits per heavy atom. The lowest BCUT2D eigenvalue weighted by Crippen LogP contribution is -2.47. The van der Waals surface area contributed by atoms with E-state index in [1.807, 2.05) is 12.1 Å². The van der Waals surface area contributed by atoms with Crippen LogP contribution in [0.1, 0.15) is 10.4 Å². The summed E-state index contributed by atoms with van der Waals surface area (Å²) in [5, 5.41) is 2.94. The van der Waals surface area contributed by atoms with Gasteiger partial charge in [0.05, 0.1) is 27.4 Å². The molecule has 2 saturated heterocycles.